The van der Waals surface area contributed by atoms with Crippen molar-refractivity contribution < 1.29 is 9.21 Å². The second-order valence-electron chi connectivity index (χ2n) is 3.98. The van der Waals surface area contributed by atoms with Gasteiger partial charge in [0.05, 0.1) is 12.6 Å². The molecule has 1 aliphatic heterocycles. The van der Waals surface area contributed by atoms with Crippen molar-refractivity contribution >= 4 is 17.7 Å². The molecule has 1 saturated heterocycles. The van der Waals surface area contributed by atoms with Gasteiger partial charge in [-0.3, -0.25) is 10.1 Å². The molecular formula is C11H16N2O2S. The molecule has 16 heavy (non-hydrogen) atoms. The normalized spacial score (nSPS) is 20.0. The summed E-state index contributed by atoms with van der Waals surface area (Å²) in [6.45, 7) is 2.44. The predicted octanol–water partition coefficient (Wildman–Crippen LogP) is 1.21. The van der Waals surface area contributed by atoms with E-state index in [2.05, 4.69) is 5.32 Å². The smallest absolute Gasteiger partial charge is 0.240 e. The number of amides is 1. The van der Waals surface area contributed by atoms with Gasteiger partial charge < -0.3 is 9.32 Å². The molecule has 1 aromatic heterocycles. The molecule has 0 aromatic carbocycles. The van der Waals surface area contributed by atoms with E-state index < -0.39 is 0 Å². The number of rotatable bonds is 3. The Morgan fingerprint density at radius 3 is 3.06 bits per heavy atom. The van der Waals surface area contributed by atoms with Crippen LogP contribution in [0.3, 0.4) is 0 Å². The van der Waals surface area contributed by atoms with Crippen LogP contribution in [0.25, 0.3) is 0 Å². The number of carbonyl (C=O) groups excluding carboxylic acids is 1. The van der Waals surface area contributed by atoms with Gasteiger partial charge >= 0.3 is 0 Å². The Kier molecular flexibility index (Phi) is 3.56. The number of hydrogen-bond acceptors (Lipinski definition) is 4. The van der Waals surface area contributed by atoms with Crippen molar-refractivity contribution in [3.8, 4) is 0 Å². The monoisotopic (exact) mass is 240 g/mol. The van der Waals surface area contributed by atoms with Gasteiger partial charge in [0, 0.05) is 18.7 Å². The van der Waals surface area contributed by atoms with Gasteiger partial charge in [0.1, 0.15) is 11.5 Å². The first-order valence-electron chi connectivity index (χ1n) is 5.28. The molecule has 1 aromatic rings. The first-order valence-corrected chi connectivity index (χ1v) is 6.43. The lowest BCUT2D eigenvalue weighted by Crippen LogP contribution is -2.42. The van der Waals surface area contributed by atoms with E-state index in [0.29, 0.717) is 6.54 Å². The Morgan fingerprint density at radius 1 is 1.69 bits per heavy atom. The molecule has 0 radical (unpaired) electrons. The lowest BCUT2D eigenvalue weighted by Gasteiger charge is -2.19. The van der Waals surface area contributed by atoms with Crippen molar-refractivity contribution in [2.24, 2.45) is 0 Å². The molecular weight excluding hydrogens is 224 g/mol. The molecule has 4 nitrogen and oxygen atoms in total. The predicted molar refractivity (Wildman–Crippen MR) is 64.2 cm³/mol. The molecule has 0 saturated carbocycles. The molecule has 1 fully saturated rings. The lowest BCUT2D eigenvalue weighted by molar-refractivity contribution is -0.132. The number of hydrogen-bond donors (Lipinski definition) is 1. The van der Waals surface area contributed by atoms with Crippen LogP contribution < -0.4 is 5.32 Å². The number of nitrogens with zero attached hydrogens (tertiary/aromatic N) is 1. The van der Waals surface area contributed by atoms with E-state index in [1.165, 1.54) is 0 Å². The minimum absolute atomic E-state index is 0.0361. The second kappa shape index (κ2) is 4.93. The number of carbonyl (C=O) groups is 1. The van der Waals surface area contributed by atoms with Gasteiger partial charge in [0.25, 0.3) is 0 Å². The summed E-state index contributed by atoms with van der Waals surface area (Å²) < 4.78 is 5.45. The average molecular weight is 240 g/mol. The second-order valence-corrected chi connectivity index (χ2v) is 5.01. The molecule has 2 heterocycles. The Balaban J connectivity index is 1.91. The standard InChI is InChI=1S/C11H16N2O2S/c1-8-3-4-9(15-8)5-13(2)11(14)10-6-16-7-12-10/h3-4,10,12H,5-7H2,1-2H3. The molecule has 88 valence electrons. The highest BCUT2D eigenvalue weighted by Gasteiger charge is 2.25. The molecule has 5 heteroatoms. The topological polar surface area (TPSA) is 45.5 Å². The molecule has 0 aliphatic carbocycles. The zero-order valence-electron chi connectivity index (χ0n) is 9.53. The number of aryl methyl sites for hydroxylation is 1. The van der Waals surface area contributed by atoms with Crippen molar-refractivity contribution in [1.29, 1.82) is 0 Å². The maximum atomic E-state index is 12.0. The molecule has 1 unspecified atom stereocenters. The Labute approximate surface area is 99.4 Å². The van der Waals surface area contributed by atoms with E-state index in [4.69, 9.17) is 4.42 Å². The number of thioether (sulfide) groups is 1. The Morgan fingerprint density at radius 2 is 2.50 bits per heavy atom. The van der Waals surface area contributed by atoms with Gasteiger partial charge in [-0.15, -0.1) is 11.8 Å². The first kappa shape index (κ1) is 11.5. The zero-order chi connectivity index (χ0) is 11.5. The summed E-state index contributed by atoms with van der Waals surface area (Å²) >= 11 is 1.76. The third-order valence-electron chi connectivity index (χ3n) is 2.58. The Hall–Kier alpha value is -0.940. The van der Waals surface area contributed by atoms with Crippen LogP contribution in [0.15, 0.2) is 16.5 Å². The quantitative estimate of drug-likeness (QED) is 0.862. The lowest BCUT2D eigenvalue weighted by atomic mass is 10.3. The van der Waals surface area contributed by atoms with E-state index in [-0.39, 0.29) is 11.9 Å². The van der Waals surface area contributed by atoms with Gasteiger partial charge in [0.2, 0.25) is 5.91 Å². The highest BCUT2D eigenvalue weighted by Crippen LogP contribution is 2.14. The van der Waals surface area contributed by atoms with Crippen molar-refractivity contribution in [3.63, 3.8) is 0 Å². The summed E-state index contributed by atoms with van der Waals surface area (Å²) in [4.78, 5) is 13.7. The maximum Gasteiger partial charge on any atom is 0.240 e. The van der Waals surface area contributed by atoms with Crippen LogP contribution in [0.2, 0.25) is 0 Å². The first-order chi connectivity index (χ1) is 7.66. The van der Waals surface area contributed by atoms with Gasteiger partial charge in [-0.1, -0.05) is 0 Å². The van der Waals surface area contributed by atoms with E-state index in [1.54, 1.807) is 16.7 Å². The summed E-state index contributed by atoms with van der Waals surface area (Å²) in [5.41, 5.74) is 0. The molecule has 1 N–H and O–H groups in total. The van der Waals surface area contributed by atoms with Crippen LogP contribution in [0, 0.1) is 6.92 Å². The van der Waals surface area contributed by atoms with Crippen LogP contribution in [-0.2, 0) is 11.3 Å². The SMILES string of the molecule is Cc1ccc(CN(C)C(=O)C2CSCN2)o1. The largest absolute Gasteiger partial charge is 0.464 e. The van der Waals surface area contributed by atoms with Crippen molar-refractivity contribution in [2.75, 3.05) is 18.7 Å². The fourth-order valence-electron chi connectivity index (χ4n) is 1.70. The highest BCUT2D eigenvalue weighted by molar-refractivity contribution is 7.99. The third-order valence-corrected chi connectivity index (χ3v) is 3.52. The molecule has 1 atom stereocenters. The third kappa shape index (κ3) is 2.59. The zero-order valence-corrected chi connectivity index (χ0v) is 10.3. The maximum absolute atomic E-state index is 12.0. The van der Waals surface area contributed by atoms with E-state index >= 15 is 0 Å². The molecule has 0 bridgehead atoms. The van der Waals surface area contributed by atoms with Gasteiger partial charge in [-0.05, 0) is 19.1 Å². The van der Waals surface area contributed by atoms with Gasteiger partial charge in [-0.25, -0.2) is 0 Å². The van der Waals surface area contributed by atoms with Crippen molar-refractivity contribution in [2.45, 2.75) is 19.5 Å². The molecule has 0 spiro atoms. The van der Waals surface area contributed by atoms with Gasteiger partial charge in [0.15, 0.2) is 0 Å². The molecule has 2 rings (SSSR count). The minimum atomic E-state index is -0.0361. The fourth-order valence-corrected chi connectivity index (χ4v) is 2.63. The fraction of sp³-hybridized carbons (Fsp3) is 0.545. The van der Waals surface area contributed by atoms with Crippen LogP contribution >= 0.6 is 11.8 Å². The molecule has 1 amide bonds. The number of likely N-dealkylation sites (N-methyl/N-ethyl adjacent to an activating group) is 1. The van der Waals surface area contributed by atoms with Crippen molar-refractivity contribution in [1.82, 2.24) is 10.2 Å². The Bertz CT molecular complexity index is 372. The van der Waals surface area contributed by atoms with E-state index in [0.717, 1.165) is 23.2 Å². The summed E-state index contributed by atoms with van der Waals surface area (Å²) in [7, 11) is 1.81. The summed E-state index contributed by atoms with van der Waals surface area (Å²) in [6, 6.07) is 3.79. The molecule has 1 aliphatic rings. The highest BCUT2D eigenvalue weighted by atomic mass is 32.2. The minimum Gasteiger partial charge on any atom is -0.464 e. The summed E-state index contributed by atoms with van der Waals surface area (Å²) in [6.07, 6.45) is 0. The van der Waals surface area contributed by atoms with Crippen LogP contribution in [0.5, 0.6) is 0 Å². The summed E-state index contributed by atoms with van der Waals surface area (Å²) in [5, 5.41) is 3.17. The number of nitrogens with one attached hydrogen (secondary N) is 1. The van der Waals surface area contributed by atoms with Crippen LogP contribution in [0.4, 0.5) is 0 Å². The summed E-state index contributed by atoms with van der Waals surface area (Å²) in [5.74, 6) is 3.58. The van der Waals surface area contributed by atoms with Crippen LogP contribution in [-0.4, -0.2) is 35.5 Å². The average Bonchev–Trinajstić information content (AvgIpc) is 2.88. The van der Waals surface area contributed by atoms with E-state index in [1.807, 2.05) is 26.1 Å². The number of furan rings is 1. The van der Waals surface area contributed by atoms with Crippen molar-refractivity contribution in [3.05, 3.63) is 23.7 Å². The van der Waals surface area contributed by atoms with E-state index in [9.17, 15) is 4.79 Å². The van der Waals surface area contributed by atoms with Crippen LogP contribution in [0.1, 0.15) is 11.5 Å². The van der Waals surface area contributed by atoms with Gasteiger partial charge in [-0.2, -0.15) is 0 Å².